The molecule has 0 unspecified atom stereocenters. The number of β-amino-alcohol motifs (C(OH)–C–C–N with tert-alkyl or cyclic N) is 1. The van der Waals surface area contributed by atoms with Crippen LogP contribution in [0.3, 0.4) is 0 Å². The van der Waals surface area contributed by atoms with E-state index in [1.165, 1.54) is 6.42 Å². The Hall–Kier alpha value is -0.600. The maximum absolute atomic E-state index is 10.2. The minimum absolute atomic E-state index is 0.220. The monoisotopic (exact) mass is 295 g/mol. The van der Waals surface area contributed by atoms with Crippen molar-refractivity contribution in [3.63, 3.8) is 0 Å². The fourth-order valence-electron chi connectivity index (χ4n) is 3.49. The standard InChI is InChI=1S/C17H29NO3/c1-4-17(8-6-5-7-9-17)20-13-16(19)12-18-10-14(2)21-15(3)11-18/h1,14-16,19H,5-13H2,2-3H3/t14-,15+,16-/m0/s1. The average molecular weight is 295 g/mol. The third kappa shape index (κ3) is 4.96. The van der Waals surface area contributed by atoms with Gasteiger partial charge in [-0.1, -0.05) is 12.3 Å². The van der Waals surface area contributed by atoms with E-state index in [2.05, 4.69) is 24.7 Å². The van der Waals surface area contributed by atoms with Crippen LogP contribution in [-0.2, 0) is 9.47 Å². The predicted octanol–water partition coefficient (Wildman–Crippen LogP) is 1.81. The molecule has 0 aromatic heterocycles. The average Bonchev–Trinajstić information content (AvgIpc) is 2.45. The van der Waals surface area contributed by atoms with Gasteiger partial charge in [0.1, 0.15) is 5.60 Å². The zero-order valence-corrected chi connectivity index (χ0v) is 13.4. The fourth-order valence-corrected chi connectivity index (χ4v) is 3.49. The van der Waals surface area contributed by atoms with Gasteiger partial charge in [-0.05, 0) is 39.5 Å². The molecule has 0 aromatic rings. The second-order valence-corrected chi connectivity index (χ2v) is 6.64. The van der Waals surface area contributed by atoms with Crippen molar-refractivity contribution in [1.82, 2.24) is 4.90 Å². The molecule has 0 radical (unpaired) electrons. The largest absolute Gasteiger partial charge is 0.389 e. The molecule has 4 heteroatoms. The highest BCUT2D eigenvalue weighted by Gasteiger charge is 2.32. The lowest BCUT2D eigenvalue weighted by Crippen LogP contribution is -2.49. The van der Waals surface area contributed by atoms with Crippen LogP contribution in [0, 0.1) is 12.3 Å². The maximum atomic E-state index is 10.2. The number of aliphatic hydroxyl groups excluding tert-OH is 1. The lowest BCUT2D eigenvalue weighted by molar-refractivity contribution is -0.0969. The molecular weight excluding hydrogens is 266 g/mol. The van der Waals surface area contributed by atoms with Crippen LogP contribution < -0.4 is 0 Å². The number of morpholine rings is 1. The van der Waals surface area contributed by atoms with E-state index in [-0.39, 0.29) is 12.2 Å². The molecule has 21 heavy (non-hydrogen) atoms. The molecule has 1 N–H and O–H groups in total. The Morgan fingerprint density at radius 3 is 2.48 bits per heavy atom. The number of aliphatic hydroxyl groups is 1. The van der Waals surface area contributed by atoms with E-state index in [4.69, 9.17) is 15.9 Å². The first-order valence-corrected chi connectivity index (χ1v) is 8.20. The molecule has 2 rings (SSSR count). The molecule has 120 valence electrons. The Labute approximate surface area is 128 Å². The molecule has 0 amide bonds. The van der Waals surface area contributed by atoms with Gasteiger partial charge in [-0.2, -0.15) is 0 Å². The van der Waals surface area contributed by atoms with Crippen molar-refractivity contribution < 1.29 is 14.6 Å². The fraction of sp³-hybridized carbons (Fsp3) is 0.882. The highest BCUT2D eigenvalue weighted by molar-refractivity contribution is 5.09. The van der Waals surface area contributed by atoms with Crippen molar-refractivity contribution >= 4 is 0 Å². The van der Waals surface area contributed by atoms with Crippen LogP contribution in [0.25, 0.3) is 0 Å². The first-order valence-electron chi connectivity index (χ1n) is 8.20. The van der Waals surface area contributed by atoms with Crippen LogP contribution in [-0.4, -0.2) is 60.2 Å². The van der Waals surface area contributed by atoms with Crippen LogP contribution in [0.4, 0.5) is 0 Å². The van der Waals surface area contributed by atoms with E-state index < -0.39 is 11.7 Å². The SMILES string of the molecule is C#CC1(OC[C@@H](O)CN2C[C@@H](C)O[C@@H](C)C2)CCCCC1. The molecule has 4 nitrogen and oxygen atoms in total. The molecule has 1 aliphatic heterocycles. The Morgan fingerprint density at radius 2 is 1.90 bits per heavy atom. The lowest BCUT2D eigenvalue weighted by atomic mass is 9.85. The molecule has 2 fully saturated rings. The Balaban J connectivity index is 1.76. The van der Waals surface area contributed by atoms with E-state index >= 15 is 0 Å². The summed E-state index contributed by atoms with van der Waals surface area (Å²) in [7, 11) is 0. The third-order valence-electron chi connectivity index (χ3n) is 4.44. The Bertz CT molecular complexity index is 350. The minimum Gasteiger partial charge on any atom is -0.389 e. The second-order valence-electron chi connectivity index (χ2n) is 6.64. The molecule has 1 heterocycles. The van der Waals surface area contributed by atoms with Crippen LogP contribution in [0.5, 0.6) is 0 Å². The topological polar surface area (TPSA) is 41.9 Å². The van der Waals surface area contributed by atoms with E-state index in [9.17, 15) is 5.11 Å². The highest BCUT2D eigenvalue weighted by Crippen LogP contribution is 2.31. The van der Waals surface area contributed by atoms with Gasteiger partial charge in [-0.15, -0.1) is 6.42 Å². The van der Waals surface area contributed by atoms with Crippen molar-refractivity contribution in [2.45, 2.75) is 69.9 Å². The molecular formula is C17H29NO3. The van der Waals surface area contributed by atoms with Crippen LogP contribution in [0.15, 0.2) is 0 Å². The van der Waals surface area contributed by atoms with Gasteiger partial charge in [-0.25, -0.2) is 0 Å². The van der Waals surface area contributed by atoms with E-state index in [1.54, 1.807) is 0 Å². The summed E-state index contributed by atoms with van der Waals surface area (Å²) in [5, 5.41) is 10.2. The third-order valence-corrected chi connectivity index (χ3v) is 4.44. The van der Waals surface area contributed by atoms with Gasteiger partial charge in [0, 0.05) is 19.6 Å². The van der Waals surface area contributed by atoms with E-state index in [1.807, 2.05) is 0 Å². The zero-order chi connectivity index (χ0) is 15.3. The summed E-state index contributed by atoms with van der Waals surface area (Å²) in [5.74, 6) is 2.82. The van der Waals surface area contributed by atoms with Gasteiger partial charge in [-0.3, -0.25) is 4.90 Å². The van der Waals surface area contributed by atoms with Gasteiger partial charge in [0.05, 0.1) is 24.9 Å². The summed E-state index contributed by atoms with van der Waals surface area (Å²) >= 11 is 0. The summed E-state index contributed by atoms with van der Waals surface area (Å²) in [6, 6.07) is 0. The molecule has 1 aliphatic carbocycles. The number of nitrogens with zero attached hydrogens (tertiary/aromatic N) is 1. The van der Waals surface area contributed by atoms with Gasteiger partial charge < -0.3 is 14.6 Å². The van der Waals surface area contributed by atoms with Crippen LogP contribution in [0.2, 0.25) is 0 Å². The molecule has 0 bridgehead atoms. The smallest absolute Gasteiger partial charge is 0.128 e. The van der Waals surface area contributed by atoms with Crippen molar-refractivity contribution in [2.75, 3.05) is 26.2 Å². The summed E-state index contributed by atoms with van der Waals surface area (Å²) in [6.45, 7) is 6.81. The zero-order valence-electron chi connectivity index (χ0n) is 13.4. The number of hydrogen-bond acceptors (Lipinski definition) is 4. The first kappa shape index (κ1) is 16.8. The number of rotatable bonds is 5. The Morgan fingerprint density at radius 1 is 1.29 bits per heavy atom. The van der Waals surface area contributed by atoms with Crippen molar-refractivity contribution in [3.8, 4) is 12.3 Å². The maximum Gasteiger partial charge on any atom is 0.128 e. The summed E-state index contributed by atoms with van der Waals surface area (Å²) < 4.78 is 11.6. The summed E-state index contributed by atoms with van der Waals surface area (Å²) in [5.41, 5.74) is -0.440. The highest BCUT2D eigenvalue weighted by atomic mass is 16.5. The number of terminal acetylenes is 1. The molecule has 2 aliphatic rings. The molecule has 1 saturated heterocycles. The van der Waals surface area contributed by atoms with Crippen LogP contribution >= 0.6 is 0 Å². The number of hydrogen-bond donors (Lipinski definition) is 1. The van der Waals surface area contributed by atoms with Gasteiger partial charge in [0.15, 0.2) is 0 Å². The molecule has 3 atom stereocenters. The van der Waals surface area contributed by atoms with Gasteiger partial charge in [0.2, 0.25) is 0 Å². The second kappa shape index (κ2) is 7.60. The Kier molecular flexibility index (Phi) is 6.07. The van der Waals surface area contributed by atoms with Crippen molar-refractivity contribution in [2.24, 2.45) is 0 Å². The predicted molar refractivity (Wildman–Crippen MR) is 83.1 cm³/mol. The van der Waals surface area contributed by atoms with Gasteiger partial charge >= 0.3 is 0 Å². The normalized spacial score (nSPS) is 31.5. The van der Waals surface area contributed by atoms with Crippen molar-refractivity contribution in [3.05, 3.63) is 0 Å². The summed E-state index contributed by atoms with van der Waals surface area (Å²) in [6.07, 6.45) is 10.9. The van der Waals surface area contributed by atoms with E-state index in [0.29, 0.717) is 13.2 Å². The number of ether oxygens (including phenoxy) is 2. The molecule has 1 saturated carbocycles. The summed E-state index contributed by atoms with van der Waals surface area (Å²) in [4.78, 5) is 2.25. The van der Waals surface area contributed by atoms with Crippen LogP contribution in [0.1, 0.15) is 46.0 Å². The molecule has 0 aromatic carbocycles. The van der Waals surface area contributed by atoms with Gasteiger partial charge in [0.25, 0.3) is 0 Å². The van der Waals surface area contributed by atoms with Crippen molar-refractivity contribution in [1.29, 1.82) is 0 Å². The molecule has 0 spiro atoms. The quantitative estimate of drug-likeness (QED) is 0.786. The minimum atomic E-state index is -0.491. The first-order chi connectivity index (χ1) is 10.0. The lowest BCUT2D eigenvalue weighted by Gasteiger charge is -2.37. The van der Waals surface area contributed by atoms with E-state index in [0.717, 1.165) is 38.8 Å².